The van der Waals surface area contributed by atoms with Crippen molar-refractivity contribution in [2.75, 3.05) is 6.54 Å². The van der Waals surface area contributed by atoms with Crippen molar-refractivity contribution in [1.82, 2.24) is 4.90 Å². The fraction of sp³-hybridized carbons (Fsp3) is 0.150. The summed E-state index contributed by atoms with van der Waals surface area (Å²) in [7, 11) is 0. The van der Waals surface area contributed by atoms with E-state index in [1.165, 1.54) is 23.9 Å². The third-order valence-corrected chi connectivity index (χ3v) is 4.90. The van der Waals surface area contributed by atoms with E-state index in [0.717, 1.165) is 11.1 Å². The first kappa shape index (κ1) is 17.9. The van der Waals surface area contributed by atoms with Gasteiger partial charge in [0.05, 0.1) is 16.2 Å². The molecule has 0 spiro atoms. The predicted molar refractivity (Wildman–Crippen MR) is 105 cm³/mol. The van der Waals surface area contributed by atoms with Crippen molar-refractivity contribution in [1.29, 1.82) is 0 Å². The zero-order valence-corrected chi connectivity index (χ0v) is 15.3. The normalized spacial score (nSPS) is 17.3. The Morgan fingerprint density at radius 3 is 2.62 bits per heavy atom. The van der Waals surface area contributed by atoms with Gasteiger partial charge in [-0.2, -0.15) is 0 Å². The highest BCUT2D eigenvalue weighted by atomic mass is 32.2. The molecule has 1 saturated heterocycles. The van der Waals surface area contributed by atoms with Crippen LogP contribution in [0.4, 0.5) is 5.69 Å². The first-order chi connectivity index (χ1) is 12.5. The fourth-order valence-corrected chi connectivity index (χ4v) is 3.57. The van der Waals surface area contributed by atoms with E-state index in [-0.39, 0.29) is 11.5 Å². The molecule has 0 unspecified atom stereocenters. The van der Waals surface area contributed by atoms with Crippen LogP contribution in [-0.4, -0.2) is 33.6 Å². The van der Waals surface area contributed by atoms with Crippen LogP contribution < -0.4 is 0 Å². The van der Waals surface area contributed by atoms with Crippen LogP contribution in [0.1, 0.15) is 28.4 Å². The minimum Gasteiger partial charge on any atom is -0.478 e. The Morgan fingerprint density at radius 2 is 1.96 bits per heavy atom. The maximum absolute atomic E-state index is 12.6. The summed E-state index contributed by atoms with van der Waals surface area (Å²) >= 11 is 1.30. The first-order valence-corrected chi connectivity index (χ1v) is 8.99. The third-order valence-electron chi connectivity index (χ3n) is 3.90. The Morgan fingerprint density at radius 1 is 1.23 bits per heavy atom. The molecule has 0 radical (unpaired) electrons. The number of carboxylic acids is 1. The number of likely N-dealkylation sites (N-methyl/N-ethyl adjacent to an activating group) is 1. The number of aromatic carboxylic acids is 1. The van der Waals surface area contributed by atoms with E-state index >= 15 is 0 Å². The Balaban J connectivity index is 1.93. The number of carbonyl (C=O) groups excluding carboxylic acids is 1. The Bertz CT molecular complexity index is 917. The highest BCUT2D eigenvalue weighted by Crippen LogP contribution is 2.34. The summed E-state index contributed by atoms with van der Waals surface area (Å²) in [5.41, 5.74) is 2.79. The summed E-state index contributed by atoms with van der Waals surface area (Å²) in [5, 5.41) is 9.66. The molecule has 0 saturated carbocycles. The molecule has 6 heteroatoms. The zero-order valence-electron chi connectivity index (χ0n) is 14.5. The van der Waals surface area contributed by atoms with Gasteiger partial charge in [0, 0.05) is 6.54 Å². The number of hydrogen-bond donors (Lipinski definition) is 1. The molecule has 1 amide bonds. The lowest BCUT2D eigenvalue weighted by Crippen LogP contribution is -2.28. The largest absolute Gasteiger partial charge is 0.478 e. The SMILES string of the molecule is CCN1C(=O)/C(=C/c2ccc(C)cc2)SC1=Nc1cccc(C(=O)O)c1. The molecule has 2 aromatic rings. The second-order valence-electron chi connectivity index (χ2n) is 5.82. The van der Waals surface area contributed by atoms with E-state index in [2.05, 4.69) is 4.99 Å². The molecular formula is C20H18N2O3S. The van der Waals surface area contributed by atoms with Gasteiger partial charge in [0.2, 0.25) is 0 Å². The van der Waals surface area contributed by atoms with Crippen LogP contribution in [0.5, 0.6) is 0 Å². The summed E-state index contributed by atoms with van der Waals surface area (Å²) in [6.07, 6.45) is 1.85. The maximum Gasteiger partial charge on any atom is 0.335 e. The number of rotatable bonds is 4. The van der Waals surface area contributed by atoms with Gasteiger partial charge >= 0.3 is 5.97 Å². The van der Waals surface area contributed by atoms with Crippen molar-refractivity contribution in [2.24, 2.45) is 4.99 Å². The molecule has 0 bridgehead atoms. The van der Waals surface area contributed by atoms with Crippen molar-refractivity contribution >= 4 is 40.6 Å². The molecule has 1 aliphatic heterocycles. The van der Waals surface area contributed by atoms with E-state index in [0.29, 0.717) is 22.3 Å². The zero-order chi connectivity index (χ0) is 18.7. The van der Waals surface area contributed by atoms with E-state index in [4.69, 9.17) is 5.11 Å². The van der Waals surface area contributed by atoms with Crippen molar-refractivity contribution in [3.63, 3.8) is 0 Å². The quantitative estimate of drug-likeness (QED) is 0.818. The van der Waals surface area contributed by atoms with Crippen LogP contribution in [0.15, 0.2) is 58.4 Å². The lowest BCUT2D eigenvalue weighted by atomic mass is 10.1. The average Bonchev–Trinajstić information content (AvgIpc) is 2.91. The van der Waals surface area contributed by atoms with Gasteiger partial charge in [-0.3, -0.25) is 9.69 Å². The molecule has 26 heavy (non-hydrogen) atoms. The number of aliphatic imine (C=N–C) groups is 1. The van der Waals surface area contributed by atoms with Crippen LogP contribution in [0.2, 0.25) is 0 Å². The van der Waals surface area contributed by atoms with E-state index in [1.54, 1.807) is 17.0 Å². The molecule has 1 N–H and O–H groups in total. The predicted octanol–water partition coefficient (Wildman–Crippen LogP) is 4.32. The van der Waals surface area contributed by atoms with Crippen molar-refractivity contribution in [3.05, 3.63) is 70.1 Å². The molecule has 5 nitrogen and oxygen atoms in total. The summed E-state index contributed by atoms with van der Waals surface area (Å²) in [6.45, 7) is 4.40. The number of hydrogen-bond acceptors (Lipinski definition) is 4. The summed E-state index contributed by atoms with van der Waals surface area (Å²) in [6, 6.07) is 14.3. The van der Waals surface area contributed by atoms with Gasteiger partial charge in [0.25, 0.3) is 5.91 Å². The minimum atomic E-state index is -1.01. The van der Waals surface area contributed by atoms with Crippen LogP contribution in [0, 0.1) is 6.92 Å². The number of thioether (sulfide) groups is 1. The van der Waals surface area contributed by atoms with Gasteiger partial charge in [-0.25, -0.2) is 9.79 Å². The highest BCUT2D eigenvalue weighted by Gasteiger charge is 2.32. The second kappa shape index (κ2) is 7.58. The molecule has 3 rings (SSSR count). The molecule has 2 aromatic carbocycles. The number of carbonyl (C=O) groups is 2. The summed E-state index contributed by atoms with van der Waals surface area (Å²) < 4.78 is 0. The van der Waals surface area contributed by atoms with Gasteiger partial charge < -0.3 is 5.11 Å². The molecule has 1 fully saturated rings. The van der Waals surface area contributed by atoms with E-state index in [1.807, 2.05) is 44.2 Å². The molecule has 0 atom stereocenters. The van der Waals surface area contributed by atoms with Gasteiger partial charge in [0.15, 0.2) is 5.17 Å². The number of benzene rings is 2. The smallest absolute Gasteiger partial charge is 0.335 e. The van der Waals surface area contributed by atoms with Gasteiger partial charge in [-0.15, -0.1) is 0 Å². The third kappa shape index (κ3) is 3.86. The lowest BCUT2D eigenvalue weighted by Gasteiger charge is -2.12. The topological polar surface area (TPSA) is 70.0 Å². The second-order valence-corrected chi connectivity index (χ2v) is 6.83. The average molecular weight is 366 g/mol. The highest BCUT2D eigenvalue weighted by molar-refractivity contribution is 8.18. The van der Waals surface area contributed by atoms with Crippen LogP contribution in [-0.2, 0) is 4.79 Å². The number of aryl methyl sites for hydroxylation is 1. The first-order valence-electron chi connectivity index (χ1n) is 8.18. The van der Waals surface area contributed by atoms with E-state index < -0.39 is 5.97 Å². The van der Waals surface area contributed by atoms with Crippen molar-refractivity contribution in [2.45, 2.75) is 13.8 Å². The molecular weight excluding hydrogens is 348 g/mol. The number of carboxylic acid groups (broad SMARTS) is 1. The standard InChI is InChI=1S/C20H18N2O3S/c1-3-22-18(23)17(11-14-9-7-13(2)8-10-14)26-20(22)21-16-6-4-5-15(12-16)19(24)25/h4-12H,3H2,1-2H3,(H,24,25)/b17-11-,21-20?. The number of amides is 1. The molecule has 1 aliphatic rings. The lowest BCUT2D eigenvalue weighted by molar-refractivity contribution is -0.122. The van der Waals surface area contributed by atoms with E-state index in [9.17, 15) is 9.59 Å². The molecule has 132 valence electrons. The summed E-state index contributed by atoms with van der Waals surface area (Å²) in [4.78, 5) is 30.4. The van der Waals surface area contributed by atoms with Crippen LogP contribution in [0.25, 0.3) is 6.08 Å². The number of nitrogens with zero attached hydrogens (tertiary/aromatic N) is 2. The van der Waals surface area contributed by atoms with Crippen LogP contribution in [0.3, 0.4) is 0 Å². The monoisotopic (exact) mass is 366 g/mol. The van der Waals surface area contributed by atoms with Crippen molar-refractivity contribution in [3.8, 4) is 0 Å². The van der Waals surface area contributed by atoms with Gasteiger partial charge in [-0.05, 0) is 55.4 Å². The van der Waals surface area contributed by atoms with Gasteiger partial charge in [0.1, 0.15) is 0 Å². The number of amidine groups is 1. The van der Waals surface area contributed by atoms with Gasteiger partial charge in [-0.1, -0.05) is 35.9 Å². The molecule has 0 aromatic heterocycles. The summed E-state index contributed by atoms with van der Waals surface area (Å²) in [5.74, 6) is -1.10. The van der Waals surface area contributed by atoms with Crippen LogP contribution >= 0.6 is 11.8 Å². The Hall–Kier alpha value is -2.86. The Labute approximate surface area is 156 Å². The minimum absolute atomic E-state index is 0.0915. The maximum atomic E-state index is 12.6. The Kier molecular flexibility index (Phi) is 5.23. The molecule has 1 heterocycles. The molecule has 0 aliphatic carbocycles. The fourth-order valence-electron chi connectivity index (χ4n) is 2.50. The van der Waals surface area contributed by atoms with Crippen molar-refractivity contribution < 1.29 is 14.7 Å².